The highest BCUT2D eigenvalue weighted by Crippen LogP contribution is 2.28. The molecule has 0 atom stereocenters. The maximum atomic E-state index is 13.0. The van der Waals surface area contributed by atoms with Crippen LogP contribution in [0.2, 0.25) is 5.02 Å². The van der Waals surface area contributed by atoms with E-state index in [0.717, 1.165) is 25.6 Å². The summed E-state index contributed by atoms with van der Waals surface area (Å²) < 4.78 is 18.6. The lowest BCUT2D eigenvalue weighted by molar-refractivity contribution is 0.164. The van der Waals surface area contributed by atoms with Crippen LogP contribution in [0.3, 0.4) is 0 Å². The van der Waals surface area contributed by atoms with E-state index in [2.05, 4.69) is 10.2 Å². The van der Waals surface area contributed by atoms with Gasteiger partial charge in [-0.15, -0.1) is 0 Å². The Hall–Kier alpha value is -0.840. The molecule has 1 aromatic rings. The highest BCUT2D eigenvalue weighted by molar-refractivity contribution is 6.32. The van der Waals surface area contributed by atoms with Gasteiger partial charge in [-0.05, 0) is 69.4 Å². The number of nitrogens with zero attached hydrogens (tertiary/aromatic N) is 1. The van der Waals surface area contributed by atoms with E-state index >= 15 is 0 Å². The van der Waals surface area contributed by atoms with E-state index in [1.165, 1.54) is 44.4 Å². The number of halogens is 2. The zero-order valence-corrected chi connectivity index (χ0v) is 13.6. The number of ether oxygens (including phenoxy) is 1. The van der Waals surface area contributed by atoms with Crippen LogP contribution in [0.25, 0.3) is 0 Å². The van der Waals surface area contributed by atoms with Gasteiger partial charge in [-0.1, -0.05) is 11.6 Å². The standard InChI is InChI=1S/C17H24ClFN2O/c18-16-11-14(19)3-4-17(16)22-10-9-21-7-5-15(6-8-21)20-12-13-1-2-13/h3-4,11,13,15,20H,1-2,5-10,12H2. The van der Waals surface area contributed by atoms with E-state index in [4.69, 9.17) is 16.3 Å². The first-order valence-corrected chi connectivity index (χ1v) is 8.62. The van der Waals surface area contributed by atoms with Gasteiger partial charge in [0.25, 0.3) is 0 Å². The first-order chi connectivity index (χ1) is 10.7. The molecule has 0 aromatic heterocycles. The molecule has 1 saturated heterocycles. The van der Waals surface area contributed by atoms with Crippen molar-refractivity contribution in [2.45, 2.75) is 31.7 Å². The fraction of sp³-hybridized carbons (Fsp3) is 0.647. The number of hydrogen-bond acceptors (Lipinski definition) is 3. The van der Waals surface area contributed by atoms with Crippen LogP contribution in [0.1, 0.15) is 25.7 Å². The highest BCUT2D eigenvalue weighted by Gasteiger charge is 2.24. The van der Waals surface area contributed by atoms with E-state index in [0.29, 0.717) is 23.4 Å². The second-order valence-electron chi connectivity index (χ2n) is 6.39. The third-order valence-electron chi connectivity index (χ3n) is 4.54. The lowest BCUT2D eigenvalue weighted by atomic mass is 10.0. The maximum absolute atomic E-state index is 13.0. The van der Waals surface area contributed by atoms with Crippen LogP contribution in [0.5, 0.6) is 5.75 Å². The van der Waals surface area contributed by atoms with Crippen LogP contribution >= 0.6 is 11.6 Å². The minimum atomic E-state index is -0.335. The topological polar surface area (TPSA) is 24.5 Å². The quantitative estimate of drug-likeness (QED) is 0.832. The van der Waals surface area contributed by atoms with Crippen LogP contribution in [-0.4, -0.2) is 43.7 Å². The predicted octanol–water partition coefficient (Wildman–Crippen LogP) is 3.32. The molecule has 1 N–H and O–H groups in total. The third kappa shape index (κ3) is 4.83. The monoisotopic (exact) mass is 326 g/mol. The van der Waals surface area contributed by atoms with E-state index < -0.39 is 0 Å². The van der Waals surface area contributed by atoms with Crippen LogP contribution in [0.15, 0.2) is 18.2 Å². The highest BCUT2D eigenvalue weighted by atomic mass is 35.5. The molecular formula is C17H24ClFN2O. The number of nitrogens with one attached hydrogen (secondary N) is 1. The zero-order valence-electron chi connectivity index (χ0n) is 12.9. The van der Waals surface area contributed by atoms with Crippen LogP contribution in [0.4, 0.5) is 4.39 Å². The van der Waals surface area contributed by atoms with Gasteiger partial charge in [-0.3, -0.25) is 4.90 Å². The number of likely N-dealkylation sites (tertiary alicyclic amines) is 1. The maximum Gasteiger partial charge on any atom is 0.138 e. The van der Waals surface area contributed by atoms with Gasteiger partial charge in [0.1, 0.15) is 18.2 Å². The van der Waals surface area contributed by atoms with Gasteiger partial charge in [-0.2, -0.15) is 0 Å². The molecule has 0 amide bonds. The lowest BCUT2D eigenvalue weighted by Gasteiger charge is -2.32. The third-order valence-corrected chi connectivity index (χ3v) is 4.83. The van der Waals surface area contributed by atoms with Crippen molar-refractivity contribution >= 4 is 11.6 Å². The second kappa shape index (κ2) is 7.62. The van der Waals surface area contributed by atoms with Crippen molar-refractivity contribution in [1.29, 1.82) is 0 Å². The number of hydrogen-bond donors (Lipinski definition) is 1. The van der Waals surface area contributed by atoms with Gasteiger partial charge in [0.15, 0.2) is 0 Å². The molecule has 0 bridgehead atoms. The molecule has 1 aliphatic carbocycles. The fourth-order valence-electron chi connectivity index (χ4n) is 2.89. The molecule has 1 heterocycles. The molecule has 5 heteroatoms. The minimum absolute atomic E-state index is 0.335. The predicted molar refractivity (Wildman–Crippen MR) is 87.1 cm³/mol. The summed E-state index contributed by atoms with van der Waals surface area (Å²) in [6.07, 6.45) is 5.25. The Labute approximate surface area is 136 Å². The summed E-state index contributed by atoms with van der Waals surface area (Å²) in [6, 6.07) is 4.93. The summed E-state index contributed by atoms with van der Waals surface area (Å²) >= 11 is 5.95. The molecule has 2 fully saturated rings. The molecule has 3 rings (SSSR count). The molecule has 1 aliphatic heterocycles. The number of rotatable bonds is 7. The summed E-state index contributed by atoms with van der Waals surface area (Å²) in [6.45, 7) is 4.91. The van der Waals surface area contributed by atoms with Crippen molar-refractivity contribution in [1.82, 2.24) is 10.2 Å². The molecule has 3 nitrogen and oxygen atoms in total. The van der Waals surface area contributed by atoms with Gasteiger partial charge in [0.05, 0.1) is 5.02 Å². The molecule has 1 aromatic carbocycles. The average molecular weight is 327 g/mol. The van der Waals surface area contributed by atoms with Gasteiger partial charge in [0.2, 0.25) is 0 Å². The van der Waals surface area contributed by atoms with Crippen molar-refractivity contribution < 1.29 is 9.13 Å². The molecule has 1 saturated carbocycles. The van der Waals surface area contributed by atoms with Gasteiger partial charge in [0, 0.05) is 12.6 Å². The van der Waals surface area contributed by atoms with Crippen molar-refractivity contribution in [2.24, 2.45) is 5.92 Å². The first kappa shape index (κ1) is 16.0. The molecule has 2 aliphatic rings. The Morgan fingerprint density at radius 2 is 2.00 bits per heavy atom. The number of piperidine rings is 1. The first-order valence-electron chi connectivity index (χ1n) is 8.24. The second-order valence-corrected chi connectivity index (χ2v) is 6.80. The van der Waals surface area contributed by atoms with Crippen LogP contribution in [0, 0.1) is 11.7 Å². The van der Waals surface area contributed by atoms with E-state index in [1.807, 2.05) is 0 Å². The molecule has 0 unspecified atom stereocenters. The lowest BCUT2D eigenvalue weighted by Crippen LogP contribution is -2.44. The van der Waals surface area contributed by atoms with Crippen molar-refractivity contribution in [3.63, 3.8) is 0 Å². The average Bonchev–Trinajstić information content (AvgIpc) is 3.33. The zero-order chi connectivity index (χ0) is 15.4. The van der Waals surface area contributed by atoms with Gasteiger partial charge >= 0.3 is 0 Å². The Morgan fingerprint density at radius 1 is 1.23 bits per heavy atom. The van der Waals surface area contributed by atoms with E-state index in [9.17, 15) is 4.39 Å². The van der Waals surface area contributed by atoms with Gasteiger partial charge in [-0.25, -0.2) is 4.39 Å². The van der Waals surface area contributed by atoms with Crippen LogP contribution in [-0.2, 0) is 0 Å². The Morgan fingerprint density at radius 3 is 2.68 bits per heavy atom. The Bertz CT molecular complexity index is 488. The summed E-state index contributed by atoms with van der Waals surface area (Å²) in [5.41, 5.74) is 0. The van der Waals surface area contributed by atoms with Crippen molar-refractivity contribution in [3.05, 3.63) is 29.0 Å². The SMILES string of the molecule is Fc1ccc(OCCN2CCC(NCC3CC3)CC2)c(Cl)c1. The molecule has 0 radical (unpaired) electrons. The Kier molecular flexibility index (Phi) is 5.55. The summed E-state index contributed by atoms with van der Waals surface area (Å²) in [7, 11) is 0. The van der Waals surface area contributed by atoms with E-state index in [1.54, 1.807) is 6.07 Å². The minimum Gasteiger partial charge on any atom is -0.491 e. The summed E-state index contributed by atoms with van der Waals surface area (Å²) in [5.74, 6) is 1.18. The molecule has 122 valence electrons. The Balaban J connectivity index is 1.32. The largest absolute Gasteiger partial charge is 0.491 e. The molecular weight excluding hydrogens is 303 g/mol. The van der Waals surface area contributed by atoms with E-state index in [-0.39, 0.29) is 5.82 Å². The molecule has 22 heavy (non-hydrogen) atoms. The van der Waals surface area contributed by atoms with Crippen molar-refractivity contribution in [2.75, 3.05) is 32.8 Å². The van der Waals surface area contributed by atoms with Crippen LogP contribution < -0.4 is 10.1 Å². The summed E-state index contributed by atoms with van der Waals surface area (Å²) in [4.78, 5) is 2.42. The summed E-state index contributed by atoms with van der Waals surface area (Å²) in [5, 5.41) is 4.02. The van der Waals surface area contributed by atoms with Gasteiger partial charge < -0.3 is 10.1 Å². The van der Waals surface area contributed by atoms with Crippen molar-refractivity contribution in [3.8, 4) is 5.75 Å². The molecule has 0 spiro atoms. The number of benzene rings is 1. The smallest absolute Gasteiger partial charge is 0.138 e. The normalized spacial score (nSPS) is 20.3. The fourth-order valence-corrected chi connectivity index (χ4v) is 3.11.